The Balaban J connectivity index is 3.08. The lowest BCUT2D eigenvalue weighted by Crippen LogP contribution is -2.37. The Labute approximate surface area is 103 Å². The molecule has 0 bridgehead atoms. The molecular formula is C13H20O3S. The summed E-state index contributed by atoms with van der Waals surface area (Å²) in [5.74, 6) is 0. The summed E-state index contributed by atoms with van der Waals surface area (Å²) >= 11 is 0. The van der Waals surface area contributed by atoms with E-state index >= 15 is 0 Å². The standard InChI is InChI=1S/C13H20O3S/c1-5-10-6-8-11(9-7-10)12(14)13(2,3)17(4,15)16/h6-9,12,14H,5H2,1-4H3. The summed E-state index contributed by atoms with van der Waals surface area (Å²) in [4.78, 5) is 0. The van der Waals surface area contributed by atoms with E-state index in [-0.39, 0.29) is 0 Å². The fourth-order valence-corrected chi connectivity index (χ4v) is 2.08. The number of aryl methyl sites for hydroxylation is 1. The maximum absolute atomic E-state index is 11.6. The van der Waals surface area contributed by atoms with Crippen LogP contribution >= 0.6 is 0 Å². The average Bonchev–Trinajstić information content (AvgIpc) is 2.26. The van der Waals surface area contributed by atoms with Crippen LogP contribution in [0.2, 0.25) is 0 Å². The second-order valence-corrected chi connectivity index (χ2v) is 7.47. The lowest BCUT2D eigenvalue weighted by Gasteiger charge is -2.28. The molecule has 0 heterocycles. The Morgan fingerprint density at radius 1 is 1.24 bits per heavy atom. The Kier molecular flexibility index (Phi) is 3.99. The summed E-state index contributed by atoms with van der Waals surface area (Å²) in [7, 11) is -3.32. The van der Waals surface area contributed by atoms with Crippen LogP contribution in [-0.4, -0.2) is 24.5 Å². The third-order valence-electron chi connectivity index (χ3n) is 3.32. The molecule has 1 N–H and O–H groups in total. The van der Waals surface area contributed by atoms with E-state index in [1.165, 1.54) is 0 Å². The van der Waals surface area contributed by atoms with E-state index in [4.69, 9.17) is 0 Å². The van der Waals surface area contributed by atoms with Gasteiger partial charge in [-0.2, -0.15) is 0 Å². The molecule has 1 unspecified atom stereocenters. The van der Waals surface area contributed by atoms with E-state index in [9.17, 15) is 13.5 Å². The molecule has 0 radical (unpaired) electrons. The predicted octanol–water partition coefficient (Wildman–Crippen LogP) is 2.11. The molecular weight excluding hydrogens is 236 g/mol. The minimum absolute atomic E-state index is 0.637. The second-order valence-electron chi connectivity index (χ2n) is 4.87. The van der Waals surface area contributed by atoms with Crippen molar-refractivity contribution in [3.05, 3.63) is 35.4 Å². The Morgan fingerprint density at radius 2 is 1.71 bits per heavy atom. The molecule has 0 spiro atoms. The van der Waals surface area contributed by atoms with Crippen molar-refractivity contribution in [1.29, 1.82) is 0 Å². The van der Waals surface area contributed by atoms with Gasteiger partial charge in [0.25, 0.3) is 0 Å². The molecule has 3 nitrogen and oxygen atoms in total. The Morgan fingerprint density at radius 3 is 2.06 bits per heavy atom. The van der Waals surface area contributed by atoms with Crippen molar-refractivity contribution in [2.45, 2.75) is 38.0 Å². The zero-order valence-corrected chi connectivity index (χ0v) is 11.6. The molecule has 0 fully saturated rings. The van der Waals surface area contributed by atoms with Crippen molar-refractivity contribution in [2.24, 2.45) is 0 Å². The number of aliphatic hydroxyl groups is 1. The van der Waals surface area contributed by atoms with E-state index in [0.717, 1.165) is 18.2 Å². The topological polar surface area (TPSA) is 54.4 Å². The van der Waals surface area contributed by atoms with Crippen LogP contribution < -0.4 is 0 Å². The van der Waals surface area contributed by atoms with E-state index in [1.54, 1.807) is 26.0 Å². The Bertz CT molecular complexity index is 472. The van der Waals surface area contributed by atoms with E-state index < -0.39 is 20.7 Å². The van der Waals surface area contributed by atoms with Crippen molar-refractivity contribution in [3.63, 3.8) is 0 Å². The van der Waals surface area contributed by atoms with Crippen LogP contribution in [0.3, 0.4) is 0 Å². The fraction of sp³-hybridized carbons (Fsp3) is 0.538. The number of hydrogen-bond acceptors (Lipinski definition) is 3. The minimum Gasteiger partial charge on any atom is -0.387 e. The summed E-state index contributed by atoms with van der Waals surface area (Å²) in [6, 6.07) is 7.40. The van der Waals surface area contributed by atoms with Gasteiger partial charge in [-0.05, 0) is 31.4 Å². The monoisotopic (exact) mass is 256 g/mol. The van der Waals surface area contributed by atoms with Crippen LogP contribution in [0.1, 0.15) is 38.0 Å². The highest BCUT2D eigenvalue weighted by molar-refractivity contribution is 7.92. The smallest absolute Gasteiger partial charge is 0.155 e. The zero-order valence-electron chi connectivity index (χ0n) is 10.8. The minimum atomic E-state index is -3.32. The van der Waals surface area contributed by atoms with Crippen LogP contribution in [0.5, 0.6) is 0 Å². The maximum Gasteiger partial charge on any atom is 0.155 e. The Hall–Kier alpha value is -0.870. The summed E-state index contributed by atoms with van der Waals surface area (Å²) in [5, 5.41) is 10.2. The maximum atomic E-state index is 11.6. The molecule has 0 aromatic heterocycles. The lowest BCUT2D eigenvalue weighted by atomic mass is 9.97. The molecule has 0 aliphatic heterocycles. The molecule has 0 amide bonds. The van der Waals surface area contributed by atoms with Crippen LogP contribution in [0, 0.1) is 0 Å². The van der Waals surface area contributed by atoms with Gasteiger partial charge in [-0.15, -0.1) is 0 Å². The fourth-order valence-electron chi connectivity index (χ4n) is 1.54. The third kappa shape index (κ3) is 2.87. The van der Waals surface area contributed by atoms with Crippen molar-refractivity contribution in [1.82, 2.24) is 0 Å². The number of aliphatic hydroxyl groups excluding tert-OH is 1. The molecule has 96 valence electrons. The van der Waals surface area contributed by atoms with Crippen molar-refractivity contribution < 1.29 is 13.5 Å². The summed E-state index contributed by atoms with van der Waals surface area (Å²) in [6.07, 6.45) is 1.06. The highest BCUT2D eigenvalue weighted by Gasteiger charge is 2.38. The van der Waals surface area contributed by atoms with Gasteiger partial charge in [-0.25, -0.2) is 8.42 Å². The molecule has 1 rings (SSSR count). The third-order valence-corrected chi connectivity index (χ3v) is 5.45. The van der Waals surface area contributed by atoms with Crippen molar-refractivity contribution in [3.8, 4) is 0 Å². The van der Waals surface area contributed by atoms with E-state index in [2.05, 4.69) is 0 Å². The lowest BCUT2D eigenvalue weighted by molar-refractivity contribution is 0.139. The first-order chi connectivity index (χ1) is 7.70. The number of benzene rings is 1. The normalized spacial score (nSPS) is 14.6. The highest BCUT2D eigenvalue weighted by atomic mass is 32.2. The molecule has 1 aromatic carbocycles. The van der Waals surface area contributed by atoms with Crippen molar-refractivity contribution in [2.75, 3.05) is 6.26 Å². The largest absolute Gasteiger partial charge is 0.387 e. The van der Waals surface area contributed by atoms with Crippen LogP contribution in [0.15, 0.2) is 24.3 Å². The summed E-state index contributed by atoms with van der Waals surface area (Å²) < 4.78 is 22.1. The molecule has 0 aliphatic carbocycles. The SMILES string of the molecule is CCc1ccc(C(O)C(C)(C)S(C)(=O)=O)cc1. The van der Waals surface area contributed by atoms with E-state index in [1.807, 2.05) is 19.1 Å². The molecule has 0 aliphatic rings. The van der Waals surface area contributed by atoms with Gasteiger partial charge < -0.3 is 5.11 Å². The van der Waals surface area contributed by atoms with Gasteiger partial charge >= 0.3 is 0 Å². The summed E-state index contributed by atoms with van der Waals surface area (Å²) in [6.45, 7) is 5.13. The number of rotatable bonds is 4. The van der Waals surface area contributed by atoms with Crippen LogP contribution in [0.25, 0.3) is 0 Å². The van der Waals surface area contributed by atoms with E-state index in [0.29, 0.717) is 5.56 Å². The van der Waals surface area contributed by atoms with Gasteiger partial charge in [0.05, 0.1) is 10.9 Å². The van der Waals surface area contributed by atoms with Gasteiger partial charge in [0, 0.05) is 6.26 Å². The van der Waals surface area contributed by atoms with Gasteiger partial charge in [-0.3, -0.25) is 0 Å². The first-order valence-corrected chi connectivity index (χ1v) is 7.55. The van der Waals surface area contributed by atoms with Gasteiger partial charge in [0.1, 0.15) is 0 Å². The summed E-state index contributed by atoms with van der Waals surface area (Å²) in [5.41, 5.74) is 1.80. The molecule has 1 atom stereocenters. The molecule has 1 aromatic rings. The first-order valence-electron chi connectivity index (χ1n) is 5.66. The number of hydrogen-bond donors (Lipinski definition) is 1. The van der Waals surface area contributed by atoms with Gasteiger partial charge in [0.15, 0.2) is 9.84 Å². The molecule has 17 heavy (non-hydrogen) atoms. The molecule has 0 saturated heterocycles. The predicted molar refractivity (Wildman–Crippen MR) is 69.7 cm³/mol. The van der Waals surface area contributed by atoms with Gasteiger partial charge in [-0.1, -0.05) is 31.2 Å². The quantitative estimate of drug-likeness (QED) is 0.897. The second kappa shape index (κ2) is 4.78. The van der Waals surface area contributed by atoms with Gasteiger partial charge in [0.2, 0.25) is 0 Å². The number of sulfone groups is 1. The highest BCUT2D eigenvalue weighted by Crippen LogP contribution is 2.32. The molecule has 4 heteroatoms. The first kappa shape index (κ1) is 14.2. The van der Waals surface area contributed by atoms with Crippen molar-refractivity contribution >= 4 is 9.84 Å². The zero-order chi connectivity index (χ0) is 13.3. The molecule has 0 saturated carbocycles. The van der Waals surface area contributed by atoms with Crippen LogP contribution in [-0.2, 0) is 16.3 Å². The average molecular weight is 256 g/mol. The van der Waals surface area contributed by atoms with Crippen LogP contribution in [0.4, 0.5) is 0 Å².